The molecule has 3 rings (SSSR count). The molecule has 2 heterocycles. The summed E-state index contributed by atoms with van der Waals surface area (Å²) in [5.74, 6) is 0.976. The first-order chi connectivity index (χ1) is 11.5. The maximum absolute atomic E-state index is 12.5. The van der Waals surface area contributed by atoms with Gasteiger partial charge in [0.2, 0.25) is 11.8 Å². The van der Waals surface area contributed by atoms with Crippen molar-refractivity contribution in [3.8, 4) is 11.5 Å². The van der Waals surface area contributed by atoms with E-state index < -0.39 is 0 Å². The van der Waals surface area contributed by atoms with E-state index in [4.69, 9.17) is 4.42 Å². The summed E-state index contributed by atoms with van der Waals surface area (Å²) in [6.45, 7) is 6.29. The molecule has 2 aromatic rings. The minimum absolute atomic E-state index is 0.148. The Morgan fingerprint density at radius 2 is 1.88 bits per heavy atom. The van der Waals surface area contributed by atoms with Gasteiger partial charge in [-0.25, -0.2) is 0 Å². The fraction of sp³-hybridized carbons (Fsp3) is 0.500. The van der Waals surface area contributed by atoms with E-state index in [1.165, 1.54) is 23.7 Å². The Labute approximate surface area is 146 Å². The number of hydrogen-bond donors (Lipinski definition) is 0. The number of likely N-dealkylation sites (tertiary alicyclic amines) is 1. The van der Waals surface area contributed by atoms with Gasteiger partial charge in [-0.3, -0.25) is 4.79 Å². The van der Waals surface area contributed by atoms with Crippen LogP contribution in [0.2, 0.25) is 0 Å². The normalized spacial score (nSPS) is 21.0. The molecular formula is C18H23N3O2S. The maximum Gasteiger partial charge on any atom is 0.277 e. The third-order valence-corrected chi connectivity index (χ3v) is 5.31. The SMILES string of the molecule is Cc1ccc(-c2nnc(SCC(=O)N3[C@H](C)CCC[C@H]3C)o2)cc1. The predicted molar refractivity (Wildman–Crippen MR) is 94.8 cm³/mol. The lowest BCUT2D eigenvalue weighted by atomic mass is 9.98. The molecule has 1 saturated heterocycles. The van der Waals surface area contributed by atoms with Gasteiger partial charge in [-0.2, -0.15) is 0 Å². The second-order valence-electron chi connectivity index (χ2n) is 6.46. The van der Waals surface area contributed by atoms with Gasteiger partial charge >= 0.3 is 0 Å². The zero-order valence-corrected chi connectivity index (χ0v) is 15.2. The Hall–Kier alpha value is -1.82. The van der Waals surface area contributed by atoms with Crippen LogP contribution in [0.4, 0.5) is 0 Å². The highest BCUT2D eigenvalue weighted by molar-refractivity contribution is 7.99. The van der Waals surface area contributed by atoms with Gasteiger partial charge in [-0.15, -0.1) is 10.2 Å². The number of rotatable bonds is 4. The van der Waals surface area contributed by atoms with Crippen molar-refractivity contribution < 1.29 is 9.21 Å². The van der Waals surface area contributed by atoms with Gasteiger partial charge in [0.1, 0.15) is 0 Å². The molecule has 6 heteroatoms. The third-order valence-electron chi connectivity index (χ3n) is 4.51. The first-order valence-corrected chi connectivity index (χ1v) is 9.37. The van der Waals surface area contributed by atoms with E-state index in [1.807, 2.05) is 36.1 Å². The zero-order valence-electron chi connectivity index (χ0n) is 14.4. The number of hydrogen-bond acceptors (Lipinski definition) is 5. The van der Waals surface area contributed by atoms with Crippen LogP contribution in [0.5, 0.6) is 0 Å². The van der Waals surface area contributed by atoms with Crippen LogP contribution in [0, 0.1) is 6.92 Å². The molecule has 1 aliphatic heterocycles. The molecular weight excluding hydrogens is 322 g/mol. The molecule has 0 unspecified atom stereocenters. The molecule has 0 saturated carbocycles. The van der Waals surface area contributed by atoms with E-state index in [-0.39, 0.29) is 5.91 Å². The highest BCUT2D eigenvalue weighted by Crippen LogP contribution is 2.26. The Morgan fingerprint density at radius 3 is 2.54 bits per heavy atom. The molecule has 1 aliphatic rings. The Bertz CT molecular complexity index is 689. The second-order valence-corrected chi connectivity index (χ2v) is 7.38. The summed E-state index contributed by atoms with van der Waals surface area (Å²) >= 11 is 1.31. The summed E-state index contributed by atoms with van der Waals surface area (Å²) < 4.78 is 5.67. The molecule has 128 valence electrons. The number of aryl methyl sites for hydroxylation is 1. The van der Waals surface area contributed by atoms with E-state index in [2.05, 4.69) is 24.0 Å². The summed E-state index contributed by atoms with van der Waals surface area (Å²) in [7, 11) is 0. The summed E-state index contributed by atoms with van der Waals surface area (Å²) in [4.78, 5) is 14.5. The number of nitrogens with zero attached hydrogens (tertiary/aromatic N) is 3. The average Bonchev–Trinajstić information content (AvgIpc) is 3.02. The van der Waals surface area contributed by atoms with Crippen LogP contribution in [0.1, 0.15) is 38.7 Å². The molecule has 0 N–H and O–H groups in total. The largest absolute Gasteiger partial charge is 0.411 e. The van der Waals surface area contributed by atoms with Gasteiger partial charge in [0.15, 0.2) is 0 Å². The van der Waals surface area contributed by atoms with E-state index >= 15 is 0 Å². The number of carbonyl (C=O) groups excluding carboxylic acids is 1. The van der Waals surface area contributed by atoms with Crippen molar-refractivity contribution in [1.29, 1.82) is 0 Å². The summed E-state index contributed by atoms with van der Waals surface area (Å²) in [6, 6.07) is 8.56. The first kappa shape index (κ1) is 17.0. The Kier molecular flexibility index (Phi) is 5.23. The molecule has 0 radical (unpaired) electrons. The highest BCUT2D eigenvalue weighted by atomic mass is 32.2. The standard InChI is InChI=1S/C18H23N3O2S/c1-12-7-9-15(10-8-12)17-19-20-18(23-17)24-11-16(22)21-13(2)5-4-6-14(21)3/h7-10,13-14H,4-6,11H2,1-3H3/t13-,14-/m1/s1. The fourth-order valence-electron chi connectivity index (χ4n) is 3.19. The van der Waals surface area contributed by atoms with Crippen LogP contribution in [-0.2, 0) is 4.79 Å². The van der Waals surface area contributed by atoms with Crippen LogP contribution >= 0.6 is 11.8 Å². The van der Waals surface area contributed by atoms with Crippen molar-refractivity contribution in [2.24, 2.45) is 0 Å². The number of carbonyl (C=O) groups is 1. The Morgan fingerprint density at radius 1 is 1.21 bits per heavy atom. The molecule has 0 aliphatic carbocycles. The number of thioether (sulfide) groups is 1. The van der Waals surface area contributed by atoms with E-state index in [0.717, 1.165) is 18.4 Å². The lowest BCUT2D eigenvalue weighted by Crippen LogP contribution is -2.48. The summed E-state index contributed by atoms with van der Waals surface area (Å²) in [6.07, 6.45) is 3.36. The van der Waals surface area contributed by atoms with E-state index in [9.17, 15) is 4.79 Å². The van der Waals surface area contributed by atoms with Crippen molar-refractivity contribution in [2.75, 3.05) is 5.75 Å². The number of benzene rings is 1. The van der Waals surface area contributed by atoms with Crippen LogP contribution in [0.3, 0.4) is 0 Å². The quantitative estimate of drug-likeness (QED) is 0.786. The molecule has 5 nitrogen and oxygen atoms in total. The van der Waals surface area contributed by atoms with Crippen molar-refractivity contribution in [1.82, 2.24) is 15.1 Å². The van der Waals surface area contributed by atoms with Gasteiger partial charge in [0.05, 0.1) is 5.75 Å². The topological polar surface area (TPSA) is 59.2 Å². The van der Waals surface area contributed by atoms with Crippen LogP contribution < -0.4 is 0 Å². The highest BCUT2D eigenvalue weighted by Gasteiger charge is 2.29. The average molecular weight is 345 g/mol. The number of amides is 1. The number of piperidine rings is 1. The summed E-state index contributed by atoms with van der Waals surface area (Å²) in [5, 5.41) is 8.56. The van der Waals surface area contributed by atoms with Crippen molar-refractivity contribution in [3.63, 3.8) is 0 Å². The van der Waals surface area contributed by atoms with Gasteiger partial charge in [-0.05, 0) is 52.2 Å². The van der Waals surface area contributed by atoms with Crippen LogP contribution in [0.15, 0.2) is 33.9 Å². The lowest BCUT2D eigenvalue weighted by molar-refractivity contribution is -0.134. The molecule has 1 fully saturated rings. The van der Waals surface area contributed by atoms with Crippen LogP contribution in [0.25, 0.3) is 11.5 Å². The van der Waals surface area contributed by atoms with Crippen LogP contribution in [-0.4, -0.2) is 38.8 Å². The minimum atomic E-state index is 0.148. The predicted octanol–water partition coefficient (Wildman–Crippen LogP) is 3.93. The van der Waals surface area contributed by atoms with Gasteiger partial charge in [-0.1, -0.05) is 29.5 Å². The molecule has 0 bridgehead atoms. The number of aromatic nitrogens is 2. The van der Waals surface area contributed by atoms with Gasteiger partial charge in [0, 0.05) is 17.6 Å². The maximum atomic E-state index is 12.5. The monoisotopic (exact) mass is 345 g/mol. The van der Waals surface area contributed by atoms with Gasteiger partial charge in [0.25, 0.3) is 5.22 Å². The fourth-order valence-corrected chi connectivity index (χ4v) is 3.82. The third kappa shape index (κ3) is 3.80. The van der Waals surface area contributed by atoms with Crippen molar-refractivity contribution in [3.05, 3.63) is 29.8 Å². The molecule has 24 heavy (non-hydrogen) atoms. The second kappa shape index (κ2) is 7.38. The lowest BCUT2D eigenvalue weighted by Gasteiger charge is -2.39. The van der Waals surface area contributed by atoms with Crippen molar-refractivity contribution in [2.45, 2.75) is 57.3 Å². The molecule has 1 amide bonds. The molecule has 0 spiro atoms. The van der Waals surface area contributed by atoms with Gasteiger partial charge < -0.3 is 9.32 Å². The minimum Gasteiger partial charge on any atom is -0.411 e. The van der Waals surface area contributed by atoms with E-state index in [0.29, 0.717) is 29.0 Å². The summed E-state index contributed by atoms with van der Waals surface area (Å²) in [5.41, 5.74) is 2.08. The Balaban J connectivity index is 1.61. The zero-order chi connectivity index (χ0) is 17.1. The molecule has 2 atom stereocenters. The smallest absolute Gasteiger partial charge is 0.277 e. The van der Waals surface area contributed by atoms with E-state index in [1.54, 1.807) is 0 Å². The molecule has 1 aromatic carbocycles. The molecule has 1 aromatic heterocycles. The van der Waals surface area contributed by atoms with Crippen molar-refractivity contribution >= 4 is 17.7 Å². The first-order valence-electron chi connectivity index (χ1n) is 8.39.